The van der Waals surface area contributed by atoms with Crippen molar-refractivity contribution in [1.29, 1.82) is 5.26 Å². The summed E-state index contributed by atoms with van der Waals surface area (Å²) in [6, 6.07) is 15.8. The normalized spacial score (nSPS) is 10.1. The molecule has 1 aromatic heterocycles. The van der Waals surface area contributed by atoms with E-state index in [1.165, 1.54) is 0 Å². The molecule has 0 saturated heterocycles. The number of rotatable bonds is 3. The largest absolute Gasteiger partial charge is 0.323 e. The number of amides is 2. The van der Waals surface area contributed by atoms with Crippen molar-refractivity contribution in [2.75, 3.05) is 10.6 Å². The maximum atomic E-state index is 12.2. The summed E-state index contributed by atoms with van der Waals surface area (Å²) in [6.07, 6.45) is 1.86. The first-order valence-electron chi connectivity index (χ1n) is 7.43. The number of hydrogen-bond donors (Lipinski definition) is 2. The average molecular weight is 396 g/mol. The first kappa shape index (κ1) is 16.7. The van der Waals surface area contributed by atoms with Crippen LogP contribution >= 0.6 is 15.9 Å². The number of nitrogens with one attached hydrogen (secondary N) is 2. The van der Waals surface area contributed by atoms with Gasteiger partial charge in [0.15, 0.2) is 0 Å². The van der Waals surface area contributed by atoms with Gasteiger partial charge in [-0.15, -0.1) is 0 Å². The van der Waals surface area contributed by atoms with E-state index in [0.717, 1.165) is 15.7 Å². The number of aromatic nitrogens is 2. The summed E-state index contributed by atoms with van der Waals surface area (Å²) in [5.41, 5.74) is 3.17. The fourth-order valence-corrected chi connectivity index (χ4v) is 2.98. The molecule has 0 atom stereocenters. The number of carbonyl (C=O) groups excluding carboxylic acids is 1. The van der Waals surface area contributed by atoms with E-state index in [2.05, 4.69) is 31.7 Å². The number of nitrogens with zero attached hydrogens (tertiary/aromatic N) is 3. The van der Waals surface area contributed by atoms with Crippen molar-refractivity contribution in [2.24, 2.45) is 7.05 Å². The summed E-state index contributed by atoms with van der Waals surface area (Å²) in [7, 11) is 1.84. The summed E-state index contributed by atoms with van der Waals surface area (Å²) >= 11 is 3.48. The average Bonchev–Trinajstić information content (AvgIpc) is 2.94. The molecule has 0 aliphatic carbocycles. The number of para-hydroxylation sites is 1. The minimum Gasteiger partial charge on any atom is -0.308 e. The number of benzene rings is 2. The Morgan fingerprint density at radius 3 is 2.72 bits per heavy atom. The molecule has 0 radical (unpaired) electrons. The Balaban J connectivity index is 1.77. The summed E-state index contributed by atoms with van der Waals surface area (Å²) in [5, 5.41) is 18.9. The Morgan fingerprint density at radius 2 is 2.00 bits per heavy atom. The number of carbonyl (C=O) groups is 1. The molecule has 7 heteroatoms. The third-order valence-corrected chi connectivity index (χ3v) is 4.05. The molecule has 0 unspecified atom stereocenters. The molecule has 0 spiro atoms. The monoisotopic (exact) mass is 395 g/mol. The number of halogens is 1. The Morgan fingerprint density at radius 1 is 1.20 bits per heavy atom. The molecule has 2 amide bonds. The Hall–Kier alpha value is -3.11. The van der Waals surface area contributed by atoms with Crippen molar-refractivity contribution in [2.45, 2.75) is 0 Å². The molecule has 6 nitrogen and oxygen atoms in total. The highest BCUT2D eigenvalue weighted by Crippen LogP contribution is 2.28. The van der Waals surface area contributed by atoms with E-state index in [9.17, 15) is 4.79 Å². The highest BCUT2D eigenvalue weighted by Gasteiger charge is 2.10. The lowest BCUT2D eigenvalue weighted by Crippen LogP contribution is -2.20. The van der Waals surface area contributed by atoms with Crippen LogP contribution in [0, 0.1) is 11.3 Å². The number of urea groups is 1. The van der Waals surface area contributed by atoms with Crippen LogP contribution < -0.4 is 10.6 Å². The Kier molecular flexibility index (Phi) is 4.82. The zero-order valence-corrected chi connectivity index (χ0v) is 14.9. The smallest absolute Gasteiger partial charge is 0.308 e. The molecule has 0 aliphatic rings. The van der Waals surface area contributed by atoms with Gasteiger partial charge in [-0.3, -0.25) is 4.68 Å². The predicted octanol–water partition coefficient (Wildman–Crippen LogP) is 4.37. The second-order valence-electron chi connectivity index (χ2n) is 5.32. The number of aryl methyl sites for hydroxylation is 1. The fraction of sp³-hybridized carbons (Fsp3) is 0.0556. The maximum absolute atomic E-state index is 12.2. The third kappa shape index (κ3) is 3.87. The molecule has 3 aromatic rings. The van der Waals surface area contributed by atoms with Crippen molar-refractivity contribution < 1.29 is 4.79 Å². The molecule has 1 heterocycles. The Labute approximate surface area is 153 Å². The lowest BCUT2D eigenvalue weighted by Gasteiger charge is -2.09. The predicted molar refractivity (Wildman–Crippen MR) is 100 cm³/mol. The quantitative estimate of drug-likeness (QED) is 0.690. The van der Waals surface area contributed by atoms with E-state index in [0.29, 0.717) is 16.9 Å². The number of anilines is 2. The van der Waals surface area contributed by atoms with Crippen molar-refractivity contribution in [3.05, 3.63) is 64.8 Å². The second-order valence-corrected chi connectivity index (χ2v) is 6.17. The van der Waals surface area contributed by atoms with Gasteiger partial charge in [-0.05, 0) is 40.2 Å². The van der Waals surface area contributed by atoms with Crippen LogP contribution in [0.3, 0.4) is 0 Å². The molecular formula is C18H14BrN5O. The second kappa shape index (κ2) is 7.20. The standard InChI is InChI=1S/C18H14BrN5O/c1-24-11-15(19)17(23-24)12-6-4-7-14(9-12)21-18(25)22-16-8-3-2-5-13(16)10-20/h2-9,11H,1H3,(H2,21,22,25). The highest BCUT2D eigenvalue weighted by atomic mass is 79.9. The van der Waals surface area contributed by atoms with Crippen LogP contribution in [0.15, 0.2) is 59.2 Å². The topological polar surface area (TPSA) is 82.7 Å². The van der Waals surface area contributed by atoms with Crippen LogP contribution in [-0.2, 0) is 7.05 Å². The van der Waals surface area contributed by atoms with Crippen molar-refractivity contribution in [3.8, 4) is 17.3 Å². The van der Waals surface area contributed by atoms with E-state index in [1.54, 1.807) is 35.0 Å². The van der Waals surface area contributed by atoms with E-state index in [1.807, 2.05) is 37.5 Å². The van der Waals surface area contributed by atoms with Gasteiger partial charge >= 0.3 is 6.03 Å². The highest BCUT2D eigenvalue weighted by molar-refractivity contribution is 9.10. The molecule has 0 bridgehead atoms. The third-order valence-electron chi connectivity index (χ3n) is 3.47. The Bertz CT molecular complexity index is 974. The van der Waals surface area contributed by atoms with Crippen molar-refractivity contribution >= 4 is 33.3 Å². The van der Waals surface area contributed by atoms with Gasteiger partial charge in [0.25, 0.3) is 0 Å². The number of nitriles is 1. The summed E-state index contributed by atoms with van der Waals surface area (Å²) in [6.45, 7) is 0. The van der Waals surface area contributed by atoms with Crippen LogP contribution in [-0.4, -0.2) is 15.8 Å². The van der Waals surface area contributed by atoms with E-state index in [4.69, 9.17) is 5.26 Å². The van der Waals surface area contributed by atoms with Crippen molar-refractivity contribution in [3.63, 3.8) is 0 Å². The first-order chi connectivity index (χ1) is 12.1. The summed E-state index contributed by atoms with van der Waals surface area (Å²) in [4.78, 5) is 12.2. The van der Waals surface area contributed by atoms with E-state index >= 15 is 0 Å². The zero-order chi connectivity index (χ0) is 17.8. The van der Waals surface area contributed by atoms with Crippen molar-refractivity contribution in [1.82, 2.24) is 9.78 Å². The van der Waals surface area contributed by atoms with Crippen LogP contribution in [0.2, 0.25) is 0 Å². The lowest BCUT2D eigenvalue weighted by molar-refractivity contribution is 0.262. The van der Waals surface area contributed by atoms with E-state index in [-0.39, 0.29) is 0 Å². The molecule has 3 rings (SSSR count). The molecule has 0 saturated carbocycles. The van der Waals surface area contributed by atoms with Gasteiger partial charge < -0.3 is 10.6 Å². The molecule has 2 aromatic carbocycles. The van der Waals surface area contributed by atoms with Crippen LogP contribution in [0.4, 0.5) is 16.2 Å². The molecule has 0 aliphatic heterocycles. The van der Waals surface area contributed by atoms with E-state index < -0.39 is 6.03 Å². The van der Waals surface area contributed by atoms with Crippen LogP contribution in [0.5, 0.6) is 0 Å². The number of hydrogen-bond acceptors (Lipinski definition) is 3. The van der Waals surface area contributed by atoms with Crippen LogP contribution in [0.25, 0.3) is 11.3 Å². The maximum Gasteiger partial charge on any atom is 0.323 e. The van der Waals surface area contributed by atoms with Gasteiger partial charge in [-0.1, -0.05) is 24.3 Å². The molecule has 0 fully saturated rings. The van der Waals surface area contributed by atoms with Gasteiger partial charge in [0.2, 0.25) is 0 Å². The van der Waals surface area contributed by atoms with Gasteiger partial charge in [0.1, 0.15) is 11.8 Å². The first-order valence-corrected chi connectivity index (χ1v) is 8.23. The minimum atomic E-state index is -0.417. The van der Waals surface area contributed by atoms with Crippen LogP contribution in [0.1, 0.15) is 5.56 Å². The van der Waals surface area contributed by atoms with Gasteiger partial charge in [0, 0.05) is 24.5 Å². The molecule has 25 heavy (non-hydrogen) atoms. The fourth-order valence-electron chi connectivity index (χ4n) is 2.37. The SMILES string of the molecule is Cn1cc(Br)c(-c2cccc(NC(=O)Nc3ccccc3C#N)c2)n1. The lowest BCUT2D eigenvalue weighted by atomic mass is 10.1. The molecule has 2 N–H and O–H groups in total. The summed E-state index contributed by atoms with van der Waals surface area (Å²) in [5.74, 6) is 0. The van der Waals surface area contributed by atoms with Gasteiger partial charge in [-0.25, -0.2) is 4.79 Å². The minimum absolute atomic E-state index is 0.406. The van der Waals surface area contributed by atoms with Gasteiger partial charge in [-0.2, -0.15) is 10.4 Å². The molecular weight excluding hydrogens is 382 g/mol. The molecule has 124 valence electrons. The zero-order valence-electron chi connectivity index (χ0n) is 13.3. The summed E-state index contributed by atoms with van der Waals surface area (Å²) < 4.78 is 2.59. The van der Waals surface area contributed by atoms with Gasteiger partial charge in [0.05, 0.1) is 15.7 Å².